The summed E-state index contributed by atoms with van der Waals surface area (Å²) in [5.74, 6) is -2.91. The van der Waals surface area contributed by atoms with Crippen LogP contribution in [-0.2, 0) is 14.3 Å². The Morgan fingerprint density at radius 3 is 2.82 bits per heavy atom. The Morgan fingerprint density at radius 2 is 2.14 bits per heavy atom. The molecule has 5 heteroatoms. The highest BCUT2D eigenvalue weighted by Gasteiger charge is 2.65. The van der Waals surface area contributed by atoms with E-state index in [9.17, 15) is 14.7 Å². The molecule has 0 aromatic heterocycles. The number of carboxylic acid groups (broad SMARTS) is 1. The number of hydrogen-bond acceptors (Lipinski definition) is 4. The summed E-state index contributed by atoms with van der Waals surface area (Å²) >= 11 is 0. The Bertz CT molecular complexity index is 670. The molecule has 114 valence electrons. The van der Waals surface area contributed by atoms with Crippen LogP contribution < -0.4 is 5.11 Å². The summed E-state index contributed by atoms with van der Waals surface area (Å²) in [7, 11) is 0. The SMILES string of the molecule is C[C@@H](c1ccccc1)N1C[C@]23C=C[C@H](O2)[C@H](C(=O)[O-])[C@@H]3C1=O. The average Bonchev–Trinajstić information content (AvgIpc) is 3.15. The molecule has 0 radical (unpaired) electrons. The van der Waals surface area contributed by atoms with Crippen LogP contribution in [0.15, 0.2) is 42.5 Å². The van der Waals surface area contributed by atoms with Gasteiger partial charge in [-0.15, -0.1) is 0 Å². The third-order valence-corrected chi connectivity index (χ3v) is 5.15. The predicted octanol–water partition coefficient (Wildman–Crippen LogP) is 0.279. The molecule has 2 bridgehead atoms. The third-order valence-electron chi connectivity index (χ3n) is 5.15. The van der Waals surface area contributed by atoms with Crippen LogP contribution in [0, 0.1) is 11.8 Å². The van der Waals surface area contributed by atoms with Crippen LogP contribution in [0.1, 0.15) is 18.5 Å². The summed E-state index contributed by atoms with van der Waals surface area (Å²) in [6.07, 6.45) is 3.08. The highest BCUT2D eigenvalue weighted by molar-refractivity contribution is 5.90. The van der Waals surface area contributed by atoms with Gasteiger partial charge in [0.2, 0.25) is 5.91 Å². The number of aliphatic carboxylic acids is 1. The zero-order valence-electron chi connectivity index (χ0n) is 12.1. The molecule has 4 rings (SSSR count). The number of carbonyl (C=O) groups is 2. The number of likely N-dealkylation sites (tertiary alicyclic amines) is 1. The summed E-state index contributed by atoms with van der Waals surface area (Å²) in [6, 6.07) is 9.60. The maximum Gasteiger partial charge on any atom is 0.230 e. The lowest BCUT2D eigenvalue weighted by Crippen LogP contribution is -2.45. The number of ether oxygens (including phenoxy) is 1. The zero-order valence-corrected chi connectivity index (χ0v) is 12.1. The molecule has 0 N–H and O–H groups in total. The van der Waals surface area contributed by atoms with Crippen molar-refractivity contribution in [2.45, 2.75) is 24.7 Å². The van der Waals surface area contributed by atoms with Crippen molar-refractivity contribution in [1.29, 1.82) is 0 Å². The highest BCUT2D eigenvalue weighted by atomic mass is 16.5. The Hall–Kier alpha value is -2.14. The Morgan fingerprint density at radius 1 is 1.41 bits per heavy atom. The lowest BCUT2D eigenvalue weighted by Gasteiger charge is -2.28. The van der Waals surface area contributed by atoms with Crippen LogP contribution in [0.25, 0.3) is 0 Å². The van der Waals surface area contributed by atoms with E-state index < -0.39 is 29.5 Å². The van der Waals surface area contributed by atoms with E-state index in [-0.39, 0.29) is 11.9 Å². The average molecular weight is 298 g/mol. The molecule has 0 aliphatic carbocycles. The van der Waals surface area contributed by atoms with E-state index in [0.29, 0.717) is 6.54 Å². The Kier molecular flexibility index (Phi) is 2.72. The second kappa shape index (κ2) is 4.43. The Balaban J connectivity index is 1.68. The van der Waals surface area contributed by atoms with Crippen molar-refractivity contribution in [1.82, 2.24) is 4.90 Å². The van der Waals surface area contributed by atoms with Crippen LogP contribution in [0.3, 0.4) is 0 Å². The number of hydrogen-bond donors (Lipinski definition) is 0. The van der Waals surface area contributed by atoms with Crippen molar-refractivity contribution >= 4 is 11.9 Å². The summed E-state index contributed by atoms with van der Waals surface area (Å²) in [6.45, 7) is 2.35. The molecule has 1 amide bonds. The first-order chi connectivity index (χ1) is 10.5. The molecule has 3 heterocycles. The van der Waals surface area contributed by atoms with Crippen molar-refractivity contribution in [2.75, 3.05) is 6.54 Å². The van der Waals surface area contributed by atoms with E-state index in [1.165, 1.54) is 0 Å². The summed E-state index contributed by atoms with van der Waals surface area (Å²) < 4.78 is 5.85. The van der Waals surface area contributed by atoms with Gasteiger partial charge in [-0.3, -0.25) is 4.79 Å². The first kappa shape index (κ1) is 13.5. The van der Waals surface area contributed by atoms with Crippen LogP contribution in [-0.4, -0.2) is 35.0 Å². The van der Waals surface area contributed by atoms with Crippen molar-refractivity contribution in [3.8, 4) is 0 Å². The molecular weight excluding hydrogens is 282 g/mol. The molecule has 0 saturated carbocycles. The van der Waals surface area contributed by atoms with Gasteiger partial charge in [0.1, 0.15) is 5.60 Å². The fourth-order valence-corrected chi connectivity index (χ4v) is 4.04. The molecule has 1 aromatic rings. The van der Waals surface area contributed by atoms with Gasteiger partial charge in [0.05, 0.1) is 24.6 Å². The lowest BCUT2D eigenvalue weighted by atomic mass is 9.77. The van der Waals surface area contributed by atoms with E-state index in [4.69, 9.17) is 4.74 Å². The molecule has 3 aliphatic heterocycles. The molecule has 3 aliphatic rings. The van der Waals surface area contributed by atoms with Crippen molar-refractivity contribution in [3.05, 3.63) is 48.0 Å². The van der Waals surface area contributed by atoms with Crippen molar-refractivity contribution < 1.29 is 19.4 Å². The number of amides is 1. The summed E-state index contributed by atoms with van der Waals surface area (Å²) in [5, 5.41) is 11.4. The smallest absolute Gasteiger partial charge is 0.230 e. The van der Waals surface area contributed by atoms with Crippen LogP contribution in [0.2, 0.25) is 0 Å². The van der Waals surface area contributed by atoms with E-state index in [2.05, 4.69) is 0 Å². The minimum absolute atomic E-state index is 0.118. The Labute approximate surface area is 128 Å². The van der Waals surface area contributed by atoms with E-state index in [0.717, 1.165) is 5.56 Å². The van der Waals surface area contributed by atoms with Gasteiger partial charge in [-0.1, -0.05) is 42.5 Å². The minimum Gasteiger partial charge on any atom is -0.550 e. The molecule has 5 atom stereocenters. The van der Waals surface area contributed by atoms with Crippen molar-refractivity contribution in [2.24, 2.45) is 11.8 Å². The standard InChI is InChI=1S/C17H17NO4/c1-10(11-5-3-2-4-6-11)18-9-17-8-7-12(22-17)13(16(20)21)14(17)15(18)19/h2-8,10,12-14H,9H2,1H3,(H,20,21)/p-1/t10-,12-,13-,14+,17-/m0/s1. The molecule has 1 spiro atoms. The second-order valence-corrected chi connectivity index (χ2v) is 6.27. The first-order valence-electron chi connectivity index (χ1n) is 7.47. The fourth-order valence-electron chi connectivity index (χ4n) is 4.04. The highest BCUT2D eigenvalue weighted by Crippen LogP contribution is 2.52. The largest absolute Gasteiger partial charge is 0.550 e. The maximum atomic E-state index is 12.8. The number of fused-ring (bicyclic) bond motifs is 1. The minimum atomic E-state index is -1.20. The molecule has 5 nitrogen and oxygen atoms in total. The first-order valence-corrected chi connectivity index (χ1v) is 7.47. The van der Waals surface area contributed by atoms with Gasteiger partial charge < -0.3 is 19.5 Å². The summed E-state index contributed by atoms with van der Waals surface area (Å²) in [4.78, 5) is 26.0. The summed E-state index contributed by atoms with van der Waals surface area (Å²) in [5.41, 5.74) is 0.228. The molecule has 22 heavy (non-hydrogen) atoms. The fraction of sp³-hybridized carbons (Fsp3) is 0.412. The maximum absolute atomic E-state index is 12.8. The van der Waals surface area contributed by atoms with Gasteiger partial charge >= 0.3 is 0 Å². The van der Waals surface area contributed by atoms with Crippen LogP contribution in [0.4, 0.5) is 0 Å². The lowest BCUT2D eigenvalue weighted by molar-refractivity contribution is -0.313. The number of benzene rings is 1. The molecule has 1 aromatic carbocycles. The van der Waals surface area contributed by atoms with Gasteiger partial charge in [-0.05, 0) is 12.5 Å². The van der Waals surface area contributed by atoms with Crippen LogP contribution >= 0.6 is 0 Å². The molecule has 2 saturated heterocycles. The molecule has 2 fully saturated rings. The molecular formula is C17H16NO4-. The quantitative estimate of drug-likeness (QED) is 0.752. The second-order valence-electron chi connectivity index (χ2n) is 6.27. The van der Waals surface area contributed by atoms with E-state index >= 15 is 0 Å². The van der Waals surface area contributed by atoms with Gasteiger partial charge in [-0.2, -0.15) is 0 Å². The normalized spacial score (nSPS) is 36.7. The van der Waals surface area contributed by atoms with Gasteiger partial charge in [0, 0.05) is 11.9 Å². The third kappa shape index (κ3) is 1.63. The zero-order chi connectivity index (χ0) is 15.5. The number of nitrogens with zero attached hydrogens (tertiary/aromatic N) is 1. The molecule has 0 unspecified atom stereocenters. The topological polar surface area (TPSA) is 69.7 Å². The van der Waals surface area contributed by atoms with E-state index in [1.54, 1.807) is 11.0 Å². The monoisotopic (exact) mass is 298 g/mol. The van der Waals surface area contributed by atoms with Crippen LogP contribution in [0.5, 0.6) is 0 Å². The number of carboxylic acids is 1. The van der Waals surface area contributed by atoms with Gasteiger partial charge in [0.15, 0.2) is 0 Å². The van der Waals surface area contributed by atoms with Gasteiger partial charge in [0.25, 0.3) is 0 Å². The predicted molar refractivity (Wildman–Crippen MR) is 75.3 cm³/mol. The number of carbonyl (C=O) groups excluding carboxylic acids is 2. The van der Waals surface area contributed by atoms with E-state index in [1.807, 2.05) is 43.3 Å². The number of rotatable bonds is 3. The van der Waals surface area contributed by atoms with Gasteiger partial charge in [-0.25, -0.2) is 0 Å². The van der Waals surface area contributed by atoms with Crippen molar-refractivity contribution in [3.63, 3.8) is 0 Å².